The lowest BCUT2D eigenvalue weighted by Gasteiger charge is -2.36. The van der Waals surface area contributed by atoms with E-state index < -0.39 is 0 Å². The van der Waals surface area contributed by atoms with E-state index in [1.54, 1.807) is 16.3 Å². The number of thiophene rings is 1. The summed E-state index contributed by atoms with van der Waals surface area (Å²) in [4.78, 5) is 13.3. The van der Waals surface area contributed by atoms with E-state index in [2.05, 4.69) is 0 Å². The van der Waals surface area contributed by atoms with Crippen molar-refractivity contribution in [2.45, 2.75) is 6.04 Å². The normalized spacial score (nSPS) is 17.2. The van der Waals surface area contributed by atoms with Crippen LogP contribution in [0.5, 0.6) is 0 Å². The van der Waals surface area contributed by atoms with Crippen LogP contribution in [0.2, 0.25) is 4.34 Å². The van der Waals surface area contributed by atoms with Crippen LogP contribution in [0.3, 0.4) is 0 Å². The maximum Gasteiger partial charge on any atom is 0.254 e. The zero-order valence-electron chi connectivity index (χ0n) is 6.87. The lowest BCUT2D eigenvalue weighted by molar-refractivity contribution is 0.0608. The number of carbonyl (C=O) groups is 1. The maximum absolute atomic E-state index is 11.6. The first-order valence-corrected chi connectivity index (χ1v) is 5.21. The summed E-state index contributed by atoms with van der Waals surface area (Å²) in [5, 5.41) is 1.77. The highest BCUT2D eigenvalue weighted by Crippen LogP contribution is 2.22. The summed E-state index contributed by atoms with van der Waals surface area (Å²) in [5.74, 6) is 0.0323. The Morgan fingerprint density at radius 1 is 1.69 bits per heavy atom. The smallest absolute Gasteiger partial charge is 0.254 e. The Balaban J connectivity index is 2.06. The minimum Gasteiger partial charge on any atom is -0.335 e. The molecule has 1 aromatic rings. The monoisotopic (exact) mass is 216 g/mol. The van der Waals surface area contributed by atoms with Crippen LogP contribution in [0.25, 0.3) is 0 Å². The third-order valence-corrected chi connectivity index (χ3v) is 3.10. The Morgan fingerprint density at radius 3 is 2.85 bits per heavy atom. The van der Waals surface area contributed by atoms with Gasteiger partial charge in [-0.05, 0) is 6.07 Å². The topological polar surface area (TPSA) is 46.3 Å². The molecular formula is C8H9ClN2OS. The zero-order valence-corrected chi connectivity index (χ0v) is 8.44. The number of likely N-dealkylation sites (tertiary alicyclic amines) is 1. The van der Waals surface area contributed by atoms with Gasteiger partial charge in [0.2, 0.25) is 0 Å². The molecule has 0 aliphatic carbocycles. The third kappa shape index (κ3) is 1.70. The highest BCUT2D eigenvalue weighted by Gasteiger charge is 2.28. The molecule has 5 heteroatoms. The molecule has 0 spiro atoms. The first-order chi connectivity index (χ1) is 6.16. The van der Waals surface area contributed by atoms with Gasteiger partial charge in [0.15, 0.2) is 0 Å². The largest absolute Gasteiger partial charge is 0.335 e. The predicted octanol–water partition coefficient (Wildman–Crippen LogP) is 1.18. The number of nitrogens with zero attached hydrogens (tertiary/aromatic N) is 1. The Morgan fingerprint density at radius 2 is 2.38 bits per heavy atom. The van der Waals surface area contributed by atoms with Crippen LogP contribution < -0.4 is 5.73 Å². The summed E-state index contributed by atoms with van der Waals surface area (Å²) < 4.78 is 0.646. The van der Waals surface area contributed by atoms with Crippen molar-refractivity contribution in [2.24, 2.45) is 5.73 Å². The van der Waals surface area contributed by atoms with Crippen LogP contribution >= 0.6 is 22.9 Å². The molecule has 70 valence electrons. The summed E-state index contributed by atoms with van der Waals surface area (Å²) in [6, 6.07) is 1.84. The van der Waals surface area contributed by atoms with Gasteiger partial charge in [-0.25, -0.2) is 0 Å². The molecule has 1 amide bonds. The molecule has 0 aromatic carbocycles. The van der Waals surface area contributed by atoms with E-state index in [9.17, 15) is 4.79 Å². The van der Waals surface area contributed by atoms with E-state index in [0.717, 1.165) is 0 Å². The minimum atomic E-state index is 0.0323. The van der Waals surface area contributed by atoms with Gasteiger partial charge in [-0.2, -0.15) is 0 Å². The van der Waals surface area contributed by atoms with Crippen LogP contribution in [0.15, 0.2) is 11.4 Å². The molecule has 2 rings (SSSR count). The molecule has 0 saturated carbocycles. The molecule has 1 aromatic heterocycles. The molecule has 2 heterocycles. The molecule has 3 nitrogen and oxygen atoms in total. The van der Waals surface area contributed by atoms with Gasteiger partial charge in [-0.1, -0.05) is 11.6 Å². The lowest BCUT2D eigenvalue weighted by Crippen LogP contribution is -2.57. The maximum atomic E-state index is 11.6. The van der Waals surface area contributed by atoms with Crippen LogP contribution in [0.1, 0.15) is 10.4 Å². The number of halogens is 1. The van der Waals surface area contributed by atoms with Gasteiger partial charge in [0.05, 0.1) is 9.90 Å². The summed E-state index contributed by atoms with van der Waals surface area (Å²) in [6.07, 6.45) is 0. The van der Waals surface area contributed by atoms with Crippen molar-refractivity contribution in [3.8, 4) is 0 Å². The van der Waals surface area contributed by atoms with Crippen molar-refractivity contribution < 1.29 is 4.79 Å². The Kier molecular flexibility index (Phi) is 2.27. The van der Waals surface area contributed by atoms with E-state index in [0.29, 0.717) is 23.0 Å². The molecule has 0 radical (unpaired) electrons. The molecule has 1 fully saturated rings. The van der Waals surface area contributed by atoms with Crippen molar-refractivity contribution in [1.29, 1.82) is 0 Å². The predicted molar refractivity (Wildman–Crippen MR) is 53.2 cm³/mol. The fraction of sp³-hybridized carbons (Fsp3) is 0.375. The highest BCUT2D eigenvalue weighted by molar-refractivity contribution is 7.14. The molecule has 1 aliphatic rings. The molecule has 0 bridgehead atoms. The molecule has 0 unspecified atom stereocenters. The molecule has 13 heavy (non-hydrogen) atoms. The molecule has 1 aliphatic heterocycles. The van der Waals surface area contributed by atoms with Gasteiger partial charge in [-0.15, -0.1) is 11.3 Å². The number of hydrogen-bond donors (Lipinski definition) is 1. The summed E-state index contributed by atoms with van der Waals surface area (Å²) >= 11 is 7.09. The van der Waals surface area contributed by atoms with Crippen molar-refractivity contribution >= 4 is 28.8 Å². The zero-order chi connectivity index (χ0) is 9.42. The number of hydrogen-bond acceptors (Lipinski definition) is 3. The van der Waals surface area contributed by atoms with Crippen molar-refractivity contribution in [3.63, 3.8) is 0 Å². The van der Waals surface area contributed by atoms with Crippen LogP contribution in [-0.4, -0.2) is 29.9 Å². The second kappa shape index (κ2) is 3.29. The number of rotatable bonds is 1. The second-order valence-electron chi connectivity index (χ2n) is 3.11. The SMILES string of the molecule is NC1CN(C(=O)c2csc(Cl)c2)C1. The van der Waals surface area contributed by atoms with Crippen molar-refractivity contribution in [1.82, 2.24) is 4.90 Å². The first kappa shape index (κ1) is 8.99. The standard InChI is InChI=1S/C8H9ClN2OS/c9-7-1-5(4-13-7)8(12)11-2-6(10)3-11/h1,4,6H,2-3,10H2. The van der Waals surface area contributed by atoms with Crippen LogP contribution in [0, 0.1) is 0 Å². The molecule has 0 atom stereocenters. The third-order valence-electron chi connectivity index (χ3n) is 2.01. The second-order valence-corrected chi connectivity index (χ2v) is 4.65. The molecular weight excluding hydrogens is 208 g/mol. The Labute approximate surface area is 85.1 Å². The van der Waals surface area contributed by atoms with Gasteiger partial charge in [0, 0.05) is 24.5 Å². The van der Waals surface area contributed by atoms with Crippen LogP contribution in [-0.2, 0) is 0 Å². The highest BCUT2D eigenvalue weighted by atomic mass is 35.5. The average Bonchev–Trinajstić information content (AvgIpc) is 2.45. The van der Waals surface area contributed by atoms with Crippen molar-refractivity contribution in [2.75, 3.05) is 13.1 Å². The lowest BCUT2D eigenvalue weighted by atomic mass is 10.1. The quantitative estimate of drug-likeness (QED) is 0.767. The Bertz CT molecular complexity index is 333. The minimum absolute atomic E-state index is 0.0323. The van der Waals surface area contributed by atoms with Crippen LogP contribution in [0.4, 0.5) is 0 Å². The molecule has 2 N–H and O–H groups in total. The average molecular weight is 217 g/mol. The van der Waals surface area contributed by atoms with Gasteiger partial charge < -0.3 is 10.6 Å². The van der Waals surface area contributed by atoms with Gasteiger partial charge >= 0.3 is 0 Å². The first-order valence-electron chi connectivity index (χ1n) is 3.95. The van der Waals surface area contributed by atoms with E-state index in [-0.39, 0.29) is 11.9 Å². The van der Waals surface area contributed by atoms with E-state index in [1.165, 1.54) is 11.3 Å². The van der Waals surface area contributed by atoms with Gasteiger partial charge in [0.25, 0.3) is 5.91 Å². The van der Waals surface area contributed by atoms with Gasteiger partial charge in [-0.3, -0.25) is 4.79 Å². The number of nitrogens with two attached hydrogens (primary N) is 1. The van der Waals surface area contributed by atoms with E-state index in [4.69, 9.17) is 17.3 Å². The summed E-state index contributed by atoms with van der Waals surface area (Å²) in [6.45, 7) is 1.32. The fourth-order valence-electron chi connectivity index (χ4n) is 1.28. The summed E-state index contributed by atoms with van der Waals surface area (Å²) in [5.41, 5.74) is 6.24. The Hall–Kier alpha value is -0.580. The number of amides is 1. The van der Waals surface area contributed by atoms with E-state index >= 15 is 0 Å². The number of carbonyl (C=O) groups excluding carboxylic acids is 1. The fourth-order valence-corrected chi connectivity index (χ4v) is 2.14. The summed E-state index contributed by atoms with van der Waals surface area (Å²) in [7, 11) is 0. The molecule has 1 saturated heterocycles. The van der Waals surface area contributed by atoms with E-state index in [1.807, 2.05) is 0 Å². The van der Waals surface area contributed by atoms with Crippen molar-refractivity contribution in [3.05, 3.63) is 21.3 Å². The van der Waals surface area contributed by atoms with Gasteiger partial charge in [0.1, 0.15) is 0 Å².